The van der Waals surface area contributed by atoms with Crippen molar-refractivity contribution in [1.29, 1.82) is 0 Å². The summed E-state index contributed by atoms with van der Waals surface area (Å²) in [6, 6.07) is 3.41. The van der Waals surface area contributed by atoms with Crippen molar-refractivity contribution in [3.63, 3.8) is 0 Å². The topological polar surface area (TPSA) is 136 Å². The molecule has 1 aromatic heterocycles. The third-order valence-corrected chi connectivity index (χ3v) is 8.52. The Morgan fingerprint density at radius 2 is 2.05 bits per heavy atom. The molecule has 1 aliphatic carbocycles. The zero-order valence-corrected chi connectivity index (χ0v) is 22.6. The minimum atomic E-state index is -3.33. The summed E-state index contributed by atoms with van der Waals surface area (Å²) in [7, 11) is -2.08. The van der Waals surface area contributed by atoms with Gasteiger partial charge in [-0.1, -0.05) is 6.07 Å². The number of nitrogens with zero attached hydrogens (tertiary/aromatic N) is 2. The number of nitrogens with one attached hydrogen (secondary N) is 2. The number of sulfonamides is 1. The summed E-state index contributed by atoms with van der Waals surface area (Å²) < 4.78 is 40.4. The average molecular weight is 539 g/mol. The van der Waals surface area contributed by atoms with Gasteiger partial charge in [-0.05, 0) is 63.0 Å². The van der Waals surface area contributed by atoms with Gasteiger partial charge < -0.3 is 24.8 Å². The number of aromatic nitrogens is 1. The largest absolute Gasteiger partial charge is 0.467 e. The highest BCUT2D eigenvalue weighted by atomic mass is 32.2. The van der Waals surface area contributed by atoms with Crippen LogP contribution in [0.5, 0.6) is 0 Å². The van der Waals surface area contributed by atoms with Crippen LogP contribution in [0.2, 0.25) is 0 Å². The fraction of sp³-hybridized carbons (Fsp3) is 0.720. The fourth-order valence-electron chi connectivity index (χ4n) is 5.04. The molecule has 1 atom stereocenters. The Morgan fingerprint density at radius 1 is 1.30 bits per heavy atom. The number of pyridine rings is 1. The van der Waals surface area contributed by atoms with Gasteiger partial charge in [-0.3, -0.25) is 0 Å². The van der Waals surface area contributed by atoms with E-state index >= 15 is 0 Å². The number of alkyl carbamates (subject to hydrolysis) is 1. The number of carbonyl (C=O) groups excluding carboxylic acids is 2. The highest BCUT2D eigenvalue weighted by molar-refractivity contribution is 7.88. The molecule has 2 aliphatic heterocycles. The van der Waals surface area contributed by atoms with Crippen LogP contribution >= 0.6 is 0 Å². The van der Waals surface area contributed by atoms with Crippen LogP contribution in [-0.2, 0) is 41.9 Å². The van der Waals surface area contributed by atoms with Crippen LogP contribution in [0.25, 0.3) is 0 Å². The van der Waals surface area contributed by atoms with Crippen molar-refractivity contribution < 1.29 is 32.2 Å². The second kappa shape index (κ2) is 11.5. The van der Waals surface area contributed by atoms with E-state index in [4.69, 9.17) is 19.2 Å². The molecular formula is C25H38N4O7S. The molecule has 2 N–H and O–H groups in total. The standard InChI is InChI=1S/C25H38N4O7S/c1-25(15-29(16-25)37(3,32)33)36-24(31)28-21(23(30)34-2)10-12-35-20-13-17(14-20)6-8-19-9-7-18-5-4-11-26-22(18)27-19/h7,9,17,20-21H,4-6,8,10-16H2,1-3H3,(H,26,27)(H,28,31)/t17?,20?,21-/m0/s1. The smallest absolute Gasteiger partial charge is 0.408 e. The highest BCUT2D eigenvalue weighted by Crippen LogP contribution is 2.34. The molecular weight excluding hydrogens is 500 g/mol. The van der Waals surface area contributed by atoms with Gasteiger partial charge in [0.2, 0.25) is 10.0 Å². The fourth-order valence-corrected chi connectivity index (χ4v) is 6.06. The number of carbonyl (C=O) groups is 2. The number of fused-ring (bicyclic) bond motifs is 1. The van der Waals surface area contributed by atoms with Crippen LogP contribution < -0.4 is 10.6 Å². The molecule has 1 saturated heterocycles. The molecule has 1 aromatic rings. The van der Waals surface area contributed by atoms with Crippen molar-refractivity contribution in [1.82, 2.24) is 14.6 Å². The Labute approximate surface area is 218 Å². The predicted molar refractivity (Wildman–Crippen MR) is 137 cm³/mol. The number of rotatable bonds is 11. The minimum Gasteiger partial charge on any atom is -0.467 e. The average Bonchev–Trinajstić information content (AvgIpc) is 2.81. The predicted octanol–water partition coefficient (Wildman–Crippen LogP) is 1.86. The number of hydrogen-bond donors (Lipinski definition) is 2. The van der Waals surface area contributed by atoms with Crippen molar-refractivity contribution >= 4 is 27.9 Å². The first-order valence-electron chi connectivity index (χ1n) is 12.9. The van der Waals surface area contributed by atoms with Gasteiger partial charge in [-0.2, -0.15) is 4.31 Å². The van der Waals surface area contributed by atoms with Crippen LogP contribution in [0.3, 0.4) is 0 Å². The van der Waals surface area contributed by atoms with Crippen LogP contribution in [-0.4, -0.2) is 87.1 Å². The Balaban J connectivity index is 1.13. The minimum absolute atomic E-state index is 0.0769. The normalized spacial score (nSPS) is 23.4. The molecule has 37 heavy (non-hydrogen) atoms. The molecule has 0 unspecified atom stereocenters. The Kier molecular flexibility index (Phi) is 8.59. The Hall–Kier alpha value is -2.44. The third kappa shape index (κ3) is 7.32. The summed E-state index contributed by atoms with van der Waals surface area (Å²) in [6.07, 6.45) is 6.91. The molecule has 3 heterocycles. The van der Waals surface area contributed by atoms with E-state index in [1.165, 1.54) is 17.0 Å². The van der Waals surface area contributed by atoms with Crippen LogP contribution in [0.15, 0.2) is 12.1 Å². The van der Waals surface area contributed by atoms with Crippen molar-refractivity contribution in [2.75, 3.05) is 44.9 Å². The molecule has 0 bridgehead atoms. The zero-order valence-electron chi connectivity index (χ0n) is 21.8. The molecule has 0 radical (unpaired) electrons. The highest BCUT2D eigenvalue weighted by Gasteiger charge is 2.46. The number of esters is 1. The lowest BCUT2D eigenvalue weighted by molar-refractivity contribution is -0.144. The molecule has 0 aromatic carbocycles. The maximum Gasteiger partial charge on any atom is 0.408 e. The van der Waals surface area contributed by atoms with Gasteiger partial charge in [0.1, 0.15) is 17.5 Å². The number of hydrogen-bond acceptors (Lipinski definition) is 9. The molecule has 0 spiro atoms. The first kappa shape index (κ1) is 27.6. The molecule has 11 nitrogen and oxygen atoms in total. The van der Waals surface area contributed by atoms with E-state index in [-0.39, 0.29) is 25.6 Å². The molecule has 12 heteroatoms. The van der Waals surface area contributed by atoms with Crippen LogP contribution in [0.4, 0.5) is 10.6 Å². The second-order valence-electron chi connectivity index (χ2n) is 10.6. The first-order chi connectivity index (χ1) is 17.5. The van der Waals surface area contributed by atoms with E-state index in [0.29, 0.717) is 12.5 Å². The van der Waals surface area contributed by atoms with Crippen LogP contribution in [0.1, 0.15) is 50.3 Å². The quantitative estimate of drug-likeness (QED) is 0.405. The summed E-state index contributed by atoms with van der Waals surface area (Å²) in [6.45, 7) is 3.09. The number of ether oxygens (including phenoxy) is 3. The number of methoxy groups -OCH3 is 1. The summed E-state index contributed by atoms with van der Waals surface area (Å²) in [4.78, 5) is 29.3. The van der Waals surface area contributed by atoms with Gasteiger partial charge in [0.25, 0.3) is 0 Å². The van der Waals surface area contributed by atoms with Crippen molar-refractivity contribution in [2.24, 2.45) is 5.92 Å². The van der Waals surface area contributed by atoms with Gasteiger partial charge in [-0.15, -0.1) is 0 Å². The Bertz CT molecular complexity index is 1080. The zero-order chi connectivity index (χ0) is 26.6. The monoisotopic (exact) mass is 538 g/mol. The van der Waals surface area contributed by atoms with E-state index in [2.05, 4.69) is 22.8 Å². The number of aryl methyl sites for hydroxylation is 2. The number of anilines is 1. The van der Waals surface area contributed by atoms with Gasteiger partial charge in [-0.25, -0.2) is 23.0 Å². The molecule has 2 fully saturated rings. The van der Waals surface area contributed by atoms with Crippen LogP contribution in [0, 0.1) is 5.92 Å². The summed E-state index contributed by atoms with van der Waals surface area (Å²) in [5.74, 6) is 1.04. The van der Waals surface area contributed by atoms with Gasteiger partial charge in [0.05, 0.1) is 32.6 Å². The maximum absolute atomic E-state index is 12.4. The van der Waals surface area contributed by atoms with Crippen molar-refractivity contribution in [2.45, 2.75) is 69.6 Å². The van der Waals surface area contributed by atoms with Gasteiger partial charge in [0, 0.05) is 25.3 Å². The maximum atomic E-state index is 12.4. The second-order valence-corrected chi connectivity index (χ2v) is 12.6. The van der Waals surface area contributed by atoms with E-state index in [0.717, 1.165) is 62.8 Å². The van der Waals surface area contributed by atoms with Gasteiger partial charge in [0.15, 0.2) is 0 Å². The third-order valence-electron chi connectivity index (χ3n) is 7.32. The summed E-state index contributed by atoms with van der Waals surface area (Å²) in [5.41, 5.74) is 1.49. The van der Waals surface area contributed by atoms with Crippen molar-refractivity contribution in [3.05, 3.63) is 23.4 Å². The molecule has 1 amide bonds. The SMILES string of the molecule is COC(=O)[C@H](CCOC1CC(CCc2ccc3c(n2)NCCC3)C1)NC(=O)OC1(C)CN(S(C)(=O)=O)C1. The lowest BCUT2D eigenvalue weighted by atomic mass is 9.79. The lowest BCUT2D eigenvalue weighted by Crippen LogP contribution is -2.64. The molecule has 206 valence electrons. The molecule has 4 rings (SSSR count). The van der Waals surface area contributed by atoms with E-state index < -0.39 is 33.7 Å². The van der Waals surface area contributed by atoms with E-state index in [9.17, 15) is 18.0 Å². The molecule has 3 aliphatic rings. The summed E-state index contributed by atoms with van der Waals surface area (Å²) >= 11 is 0. The Morgan fingerprint density at radius 3 is 2.76 bits per heavy atom. The van der Waals surface area contributed by atoms with Gasteiger partial charge >= 0.3 is 12.1 Å². The first-order valence-corrected chi connectivity index (χ1v) is 14.8. The van der Waals surface area contributed by atoms with E-state index in [1.807, 2.05) is 0 Å². The lowest BCUT2D eigenvalue weighted by Gasteiger charge is -2.45. The van der Waals surface area contributed by atoms with Crippen molar-refractivity contribution in [3.8, 4) is 0 Å². The number of amides is 1. The summed E-state index contributed by atoms with van der Waals surface area (Å²) in [5, 5.41) is 5.91. The van der Waals surface area contributed by atoms with E-state index in [1.54, 1.807) is 6.92 Å². The molecule has 1 saturated carbocycles.